The molecule has 0 amide bonds. The van der Waals surface area contributed by atoms with Gasteiger partial charge in [-0.15, -0.1) is 0 Å². The van der Waals surface area contributed by atoms with Crippen LogP contribution in [-0.2, 0) is 19.7 Å². The number of allylic oxidation sites excluding steroid dienone is 1. The van der Waals surface area contributed by atoms with Crippen LogP contribution < -0.4 is 0 Å². The molecule has 1 aromatic heterocycles. The maximum Gasteiger partial charge on any atom is 0.342 e. The summed E-state index contributed by atoms with van der Waals surface area (Å²) in [4.78, 5) is 38.4. The fraction of sp³-hybridized carbons (Fsp3) is 0.571. The van der Waals surface area contributed by atoms with Crippen LogP contribution in [-0.4, -0.2) is 37.4 Å². The molecule has 4 aliphatic rings. The zero-order valence-corrected chi connectivity index (χ0v) is 15.7. The number of esters is 1. The maximum atomic E-state index is 13.4. The number of hydrogen-bond donors (Lipinski definition) is 0. The second kappa shape index (κ2) is 5.19. The molecule has 27 heavy (non-hydrogen) atoms. The number of fused-ring (bicyclic) bond motifs is 4. The van der Waals surface area contributed by atoms with Crippen LogP contribution >= 0.6 is 0 Å². The van der Waals surface area contributed by atoms with Crippen LogP contribution in [0.15, 0.2) is 22.3 Å². The summed E-state index contributed by atoms with van der Waals surface area (Å²) >= 11 is 0. The Morgan fingerprint density at radius 3 is 2.78 bits per heavy atom. The molecule has 5 rings (SSSR count). The van der Waals surface area contributed by atoms with E-state index in [0.29, 0.717) is 30.4 Å². The van der Waals surface area contributed by atoms with E-state index in [-0.39, 0.29) is 29.9 Å². The van der Waals surface area contributed by atoms with Gasteiger partial charge in [0.2, 0.25) is 5.78 Å². The SMILES string of the molecule is COCC1OC(=O)c2coc3c2C1(C)C1=CCC2(C)C(=O)CCC2C1C3=O. The molecule has 0 bridgehead atoms. The van der Waals surface area contributed by atoms with Gasteiger partial charge in [-0.1, -0.05) is 13.0 Å². The molecule has 1 fully saturated rings. The average molecular weight is 370 g/mol. The van der Waals surface area contributed by atoms with Crippen LogP contribution in [0.2, 0.25) is 0 Å². The van der Waals surface area contributed by atoms with Crippen molar-refractivity contribution in [2.24, 2.45) is 17.3 Å². The molecular formula is C21H22O6. The van der Waals surface area contributed by atoms with E-state index in [1.165, 1.54) is 6.26 Å². The molecule has 1 aliphatic heterocycles. The first-order chi connectivity index (χ1) is 12.8. The minimum absolute atomic E-state index is 0.0446. The highest BCUT2D eigenvalue weighted by Gasteiger charge is 2.63. The lowest BCUT2D eigenvalue weighted by atomic mass is 9.52. The van der Waals surface area contributed by atoms with E-state index in [1.54, 1.807) is 7.11 Å². The lowest BCUT2D eigenvalue weighted by molar-refractivity contribution is -0.126. The van der Waals surface area contributed by atoms with Gasteiger partial charge in [-0.05, 0) is 31.3 Å². The van der Waals surface area contributed by atoms with Gasteiger partial charge in [-0.3, -0.25) is 9.59 Å². The van der Waals surface area contributed by atoms with Gasteiger partial charge in [0.1, 0.15) is 23.7 Å². The van der Waals surface area contributed by atoms with Crippen molar-refractivity contribution in [3.63, 3.8) is 0 Å². The summed E-state index contributed by atoms with van der Waals surface area (Å²) in [6.07, 6.45) is 4.67. The van der Waals surface area contributed by atoms with Gasteiger partial charge < -0.3 is 13.9 Å². The summed E-state index contributed by atoms with van der Waals surface area (Å²) in [5.74, 6) is -0.578. The quantitative estimate of drug-likeness (QED) is 0.588. The molecule has 0 radical (unpaired) electrons. The molecule has 5 unspecified atom stereocenters. The third kappa shape index (κ3) is 1.82. The Kier molecular flexibility index (Phi) is 3.25. The highest BCUT2D eigenvalue weighted by atomic mass is 16.6. The molecule has 1 saturated carbocycles. The number of cyclic esters (lactones) is 1. The van der Waals surface area contributed by atoms with Crippen molar-refractivity contribution in [1.29, 1.82) is 0 Å². The monoisotopic (exact) mass is 370 g/mol. The Balaban J connectivity index is 1.76. The summed E-state index contributed by atoms with van der Waals surface area (Å²) in [6, 6.07) is 0. The van der Waals surface area contributed by atoms with Gasteiger partial charge in [0.05, 0.1) is 17.9 Å². The second-order valence-corrected chi connectivity index (χ2v) is 8.60. The number of hydrogen-bond acceptors (Lipinski definition) is 6. The van der Waals surface area contributed by atoms with Crippen molar-refractivity contribution in [2.75, 3.05) is 13.7 Å². The summed E-state index contributed by atoms with van der Waals surface area (Å²) in [6.45, 7) is 4.21. The zero-order chi connectivity index (χ0) is 19.1. The summed E-state index contributed by atoms with van der Waals surface area (Å²) in [5.41, 5.74) is 0.710. The van der Waals surface area contributed by atoms with Crippen molar-refractivity contribution < 1.29 is 28.3 Å². The molecule has 6 nitrogen and oxygen atoms in total. The van der Waals surface area contributed by atoms with E-state index in [0.717, 1.165) is 5.57 Å². The molecule has 3 aliphatic carbocycles. The molecule has 0 spiro atoms. The smallest absolute Gasteiger partial charge is 0.342 e. The zero-order valence-electron chi connectivity index (χ0n) is 15.7. The largest absolute Gasteiger partial charge is 0.460 e. The molecule has 1 aromatic rings. The van der Waals surface area contributed by atoms with E-state index in [2.05, 4.69) is 0 Å². The van der Waals surface area contributed by atoms with Crippen molar-refractivity contribution in [3.8, 4) is 0 Å². The van der Waals surface area contributed by atoms with Crippen molar-refractivity contribution in [3.05, 3.63) is 34.8 Å². The first-order valence-electron chi connectivity index (χ1n) is 9.44. The van der Waals surface area contributed by atoms with E-state index >= 15 is 0 Å². The number of carbonyl (C=O) groups excluding carboxylic acids is 3. The molecule has 142 valence electrons. The Morgan fingerprint density at radius 2 is 2.04 bits per heavy atom. The van der Waals surface area contributed by atoms with Crippen molar-refractivity contribution >= 4 is 17.5 Å². The molecule has 0 aromatic carbocycles. The number of carbonyl (C=O) groups is 3. The summed E-state index contributed by atoms with van der Waals surface area (Å²) in [5, 5.41) is 0. The number of methoxy groups -OCH3 is 1. The minimum Gasteiger partial charge on any atom is -0.460 e. The number of furan rings is 1. The van der Waals surface area contributed by atoms with E-state index < -0.39 is 28.8 Å². The van der Waals surface area contributed by atoms with Gasteiger partial charge in [0.25, 0.3) is 0 Å². The molecule has 0 N–H and O–H groups in total. The highest BCUT2D eigenvalue weighted by Crippen LogP contribution is 2.61. The predicted molar refractivity (Wildman–Crippen MR) is 93.5 cm³/mol. The first-order valence-corrected chi connectivity index (χ1v) is 9.44. The Hall–Kier alpha value is -2.21. The normalized spacial score (nSPS) is 39.4. The van der Waals surface area contributed by atoms with Gasteiger partial charge in [-0.2, -0.15) is 0 Å². The molecule has 5 atom stereocenters. The molecular weight excluding hydrogens is 348 g/mol. The van der Waals surface area contributed by atoms with E-state index in [9.17, 15) is 14.4 Å². The van der Waals surface area contributed by atoms with Crippen LogP contribution in [0.25, 0.3) is 0 Å². The van der Waals surface area contributed by atoms with Crippen LogP contribution in [0.4, 0.5) is 0 Å². The lowest BCUT2D eigenvalue weighted by Gasteiger charge is -2.51. The third-order valence-corrected chi connectivity index (χ3v) is 7.47. The Morgan fingerprint density at radius 1 is 1.26 bits per heavy atom. The minimum atomic E-state index is -0.687. The first kappa shape index (κ1) is 16.9. The van der Waals surface area contributed by atoms with Crippen LogP contribution in [0.1, 0.15) is 59.6 Å². The average Bonchev–Trinajstić information content (AvgIpc) is 3.21. The number of ether oxygens (including phenoxy) is 2. The third-order valence-electron chi connectivity index (χ3n) is 7.47. The predicted octanol–water partition coefficient (Wildman–Crippen LogP) is 2.85. The Bertz CT molecular complexity index is 923. The molecule has 6 heteroatoms. The van der Waals surface area contributed by atoms with Gasteiger partial charge >= 0.3 is 5.97 Å². The number of Topliss-reactive ketones (excluding diaryl/α,β-unsaturated/α-hetero) is 2. The van der Waals surface area contributed by atoms with E-state index in [4.69, 9.17) is 13.9 Å². The molecule has 0 saturated heterocycles. The Labute approximate surface area is 156 Å². The standard InChI is InChI=1S/C21H22O6/c1-20-7-6-12-15(11(20)4-5-13(20)22)17(23)18-16-10(8-26-18)19(24)27-14(9-25-3)21(12,16)2/h6,8,11,14-15H,4-5,7,9H2,1-3H3. The van der Waals surface area contributed by atoms with Gasteiger partial charge in [0, 0.05) is 24.5 Å². The fourth-order valence-electron chi connectivity index (χ4n) is 5.92. The topological polar surface area (TPSA) is 82.8 Å². The molecule has 2 heterocycles. The van der Waals surface area contributed by atoms with Crippen LogP contribution in [0.3, 0.4) is 0 Å². The maximum absolute atomic E-state index is 13.4. The lowest BCUT2D eigenvalue weighted by Crippen LogP contribution is -2.56. The highest BCUT2D eigenvalue weighted by molar-refractivity contribution is 6.07. The summed E-state index contributed by atoms with van der Waals surface area (Å²) < 4.78 is 16.7. The van der Waals surface area contributed by atoms with Crippen LogP contribution in [0, 0.1) is 17.3 Å². The summed E-state index contributed by atoms with van der Waals surface area (Å²) in [7, 11) is 1.57. The van der Waals surface area contributed by atoms with Gasteiger partial charge in [-0.25, -0.2) is 4.79 Å². The van der Waals surface area contributed by atoms with E-state index in [1.807, 2.05) is 19.9 Å². The van der Waals surface area contributed by atoms with Gasteiger partial charge in [0.15, 0.2) is 5.76 Å². The number of rotatable bonds is 2. The number of ketones is 2. The van der Waals surface area contributed by atoms with Crippen molar-refractivity contribution in [1.82, 2.24) is 0 Å². The second-order valence-electron chi connectivity index (χ2n) is 8.60. The van der Waals surface area contributed by atoms with Crippen LogP contribution in [0.5, 0.6) is 0 Å². The van der Waals surface area contributed by atoms with Crippen molar-refractivity contribution in [2.45, 2.75) is 44.6 Å². The fourth-order valence-corrected chi connectivity index (χ4v) is 5.92.